The SMILES string of the molecule is c1ccc(-c2cc(-c3ccc(-c4nc(-c5ccccc5)nc(-c5ccccc5)n4)cc3)c3nc(-c4ccccc4)oc3c2)cc1. The van der Waals surface area contributed by atoms with Crippen molar-refractivity contribution in [3.05, 3.63) is 158 Å². The minimum absolute atomic E-state index is 0.598. The first-order chi connectivity index (χ1) is 22.3. The molecule has 8 aromatic rings. The molecule has 0 unspecified atom stereocenters. The number of fused-ring (bicyclic) bond motifs is 1. The highest BCUT2D eigenvalue weighted by atomic mass is 16.3. The Morgan fingerprint density at radius 3 is 1.27 bits per heavy atom. The van der Waals surface area contributed by atoms with E-state index in [9.17, 15) is 0 Å². The van der Waals surface area contributed by atoms with Crippen molar-refractivity contribution in [3.63, 3.8) is 0 Å². The number of benzene rings is 6. The lowest BCUT2D eigenvalue weighted by Gasteiger charge is -2.10. The highest BCUT2D eigenvalue weighted by Crippen LogP contribution is 2.37. The topological polar surface area (TPSA) is 64.7 Å². The molecule has 5 heteroatoms. The van der Waals surface area contributed by atoms with Crippen molar-refractivity contribution in [2.45, 2.75) is 0 Å². The minimum atomic E-state index is 0.598. The van der Waals surface area contributed by atoms with Crippen LogP contribution in [0.4, 0.5) is 0 Å². The van der Waals surface area contributed by atoms with Crippen LogP contribution in [0.5, 0.6) is 0 Å². The lowest BCUT2D eigenvalue weighted by atomic mass is 9.97. The molecule has 2 aromatic heterocycles. The summed E-state index contributed by atoms with van der Waals surface area (Å²) in [5, 5.41) is 0. The number of nitrogens with zero attached hydrogens (tertiary/aromatic N) is 4. The average molecular weight is 579 g/mol. The van der Waals surface area contributed by atoms with Gasteiger partial charge in [0.05, 0.1) is 0 Å². The summed E-state index contributed by atoms with van der Waals surface area (Å²) in [5.74, 6) is 2.49. The Morgan fingerprint density at radius 2 is 0.756 bits per heavy atom. The molecule has 2 heterocycles. The summed E-state index contributed by atoms with van der Waals surface area (Å²) in [6.07, 6.45) is 0. The van der Waals surface area contributed by atoms with E-state index in [0.29, 0.717) is 23.4 Å². The van der Waals surface area contributed by atoms with Gasteiger partial charge in [-0.25, -0.2) is 19.9 Å². The Labute approximate surface area is 260 Å². The predicted molar refractivity (Wildman–Crippen MR) is 180 cm³/mol. The lowest BCUT2D eigenvalue weighted by molar-refractivity contribution is 0.620. The second-order valence-electron chi connectivity index (χ2n) is 10.7. The molecule has 0 saturated carbocycles. The van der Waals surface area contributed by atoms with Crippen molar-refractivity contribution >= 4 is 11.1 Å². The number of rotatable bonds is 6. The molecule has 45 heavy (non-hydrogen) atoms. The van der Waals surface area contributed by atoms with Crippen LogP contribution in [-0.4, -0.2) is 19.9 Å². The van der Waals surface area contributed by atoms with Gasteiger partial charge in [-0.3, -0.25) is 0 Å². The van der Waals surface area contributed by atoms with Crippen molar-refractivity contribution in [2.24, 2.45) is 0 Å². The van der Waals surface area contributed by atoms with Gasteiger partial charge in [-0.1, -0.05) is 133 Å². The van der Waals surface area contributed by atoms with Gasteiger partial charge in [-0.15, -0.1) is 0 Å². The summed E-state index contributed by atoms with van der Waals surface area (Å²) in [6.45, 7) is 0. The van der Waals surface area contributed by atoms with Gasteiger partial charge < -0.3 is 4.42 Å². The number of oxazole rings is 1. The fourth-order valence-corrected chi connectivity index (χ4v) is 5.49. The van der Waals surface area contributed by atoms with Crippen LogP contribution in [0.1, 0.15) is 0 Å². The third-order valence-electron chi connectivity index (χ3n) is 7.78. The molecule has 0 bridgehead atoms. The average Bonchev–Trinajstić information content (AvgIpc) is 3.57. The van der Waals surface area contributed by atoms with Gasteiger partial charge in [-0.2, -0.15) is 0 Å². The fraction of sp³-hybridized carbons (Fsp3) is 0. The summed E-state index contributed by atoms with van der Waals surface area (Å²) >= 11 is 0. The van der Waals surface area contributed by atoms with Crippen LogP contribution in [-0.2, 0) is 0 Å². The summed E-state index contributed by atoms with van der Waals surface area (Å²) in [5.41, 5.74) is 9.48. The molecular weight excluding hydrogens is 552 g/mol. The third-order valence-corrected chi connectivity index (χ3v) is 7.78. The lowest BCUT2D eigenvalue weighted by Crippen LogP contribution is -2.00. The quantitative estimate of drug-likeness (QED) is 0.196. The van der Waals surface area contributed by atoms with Gasteiger partial charge in [-0.05, 0) is 41.0 Å². The molecule has 0 saturated heterocycles. The molecule has 5 nitrogen and oxygen atoms in total. The van der Waals surface area contributed by atoms with Crippen LogP contribution in [0, 0.1) is 0 Å². The molecule has 0 aliphatic heterocycles. The van der Waals surface area contributed by atoms with E-state index in [0.717, 1.165) is 55.6 Å². The van der Waals surface area contributed by atoms with E-state index in [2.05, 4.69) is 48.5 Å². The zero-order valence-electron chi connectivity index (χ0n) is 24.2. The maximum Gasteiger partial charge on any atom is 0.227 e. The largest absolute Gasteiger partial charge is 0.436 e. The molecule has 6 aromatic carbocycles. The van der Waals surface area contributed by atoms with Crippen LogP contribution < -0.4 is 0 Å². The standard InChI is InChI=1S/C40H26N4O/c1-5-13-27(14-6-1)33-25-34(36-35(26-33)45-40(41-36)32-19-11-4-12-20-32)28-21-23-31(24-22-28)39-43-37(29-15-7-2-8-16-29)42-38(44-39)30-17-9-3-10-18-30/h1-26H. The second kappa shape index (κ2) is 11.5. The molecule has 0 atom stereocenters. The van der Waals surface area contributed by atoms with Gasteiger partial charge in [0.25, 0.3) is 0 Å². The second-order valence-corrected chi connectivity index (χ2v) is 10.7. The molecule has 0 radical (unpaired) electrons. The molecular formula is C40H26N4O. The van der Waals surface area contributed by atoms with Crippen LogP contribution in [0.15, 0.2) is 162 Å². The molecule has 0 amide bonds. The molecule has 8 rings (SSSR count). The highest BCUT2D eigenvalue weighted by molar-refractivity contribution is 5.96. The van der Waals surface area contributed by atoms with E-state index < -0.39 is 0 Å². The van der Waals surface area contributed by atoms with Crippen molar-refractivity contribution in [2.75, 3.05) is 0 Å². The third kappa shape index (κ3) is 5.28. The van der Waals surface area contributed by atoms with Crippen LogP contribution in [0.2, 0.25) is 0 Å². The minimum Gasteiger partial charge on any atom is -0.436 e. The molecule has 0 N–H and O–H groups in total. The number of hydrogen-bond acceptors (Lipinski definition) is 5. The fourth-order valence-electron chi connectivity index (χ4n) is 5.49. The first-order valence-corrected chi connectivity index (χ1v) is 14.8. The zero-order chi connectivity index (χ0) is 30.0. The Bertz CT molecular complexity index is 2170. The van der Waals surface area contributed by atoms with Gasteiger partial charge in [0.2, 0.25) is 5.89 Å². The molecule has 0 aliphatic carbocycles. The van der Waals surface area contributed by atoms with Crippen LogP contribution in [0.3, 0.4) is 0 Å². The van der Waals surface area contributed by atoms with Gasteiger partial charge in [0.15, 0.2) is 23.1 Å². The Morgan fingerprint density at radius 1 is 0.333 bits per heavy atom. The van der Waals surface area contributed by atoms with Crippen molar-refractivity contribution in [3.8, 4) is 67.9 Å². The van der Waals surface area contributed by atoms with Crippen LogP contribution in [0.25, 0.3) is 79.0 Å². The van der Waals surface area contributed by atoms with Crippen molar-refractivity contribution in [1.29, 1.82) is 0 Å². The van der Waals surface area contributed by atoms with E-state index >= 15 is 0 Å². The summed E-state index contributed by atoms with van der Waals surface area (Å²) in [7, 11) is 0. The van der Waals surface area contributed by atoms with E-state index in [1.807, 2.05) is 109 Å². The molecule has 0 aliphatic rings. The highest BCUT2D eigenvalue weighted by Gasteiger charge is 2.17. The molecule has 0 fully saturated rings. The van der Waals surface area contributed by atoms with E-state index in [-0.39, 0.29) is 0 Å². The first kappa shape index (κ1) is 26.4. The van der Waals surface area contributed by atoms with Crippen molar-refractivity contribution < 1.29 is 4.42 Å². The summed E-state index contributed by atoms with van der Waals surface area (Å²) in [4.78, 5) is 19.6. The van der Waals surface area contributed by atoms with Crippen LogP contribution >= 0.6 is 0 Å². The summed E-state index contributed by atoms with van der Waals surface area (Å²) < 4.78 is 6.34. The Balaban J connectivity index is 1.25. The van der Waals surface area contributed by atoms with Gasteiger partial charge in [0, 0.05) is 27.8 Å². The predicted octanol–water partition coefficient (Wildman–Crippen LogP) is 10.0. The van der Waals surface area contributed by atoms with E-state index in [1.165, 1.54) is 0 Å². The Hall–Kier alpha value is -6.20. The normalized spacial score (nSPS) is 11.1. The zero-order valence-corrected chi connectivity index (χ0v) is 24.2. The summed E-state index contributed by atoms with van der Waals surface area (Å²) in [6, 6.07) is 53.0. The van der Waals surface area contributed by atoms with Gasteiger partial charge in [0.1, 0.15) is 5.52 Å². The monoisotopic (exact) mass is 578 g/mol. The number of aromatic nitrogens is 4. The maximum absolute atomic E-state index is 6.34. The van der Waals surface area contributed by atoms with E-state index in [1.54, 1.807) is 0 Å². The first-order valence-electron chi connectivity index (χ1n) is 14.8. The maximum atomic E-state index is 6.34. The van der Waals surface area contributed by atoms with Gasteiger partial charge >= 0.3 is 0 Å². The molecule has 212 valence electrons. The number of hydrogen-bond donors (Lipinski definition) is 0. The van der Waals surface area contributed by atoms with E-state index in [4.69, 9.17) is 24.4 Å². The Kier molecular flexibility index (Phi) is 6.74. The molecule has 0 spiro atoms. The smallest absolute Gasteiger partial charge is 0.227 e. The van der Waals surface area contributed by atoms with Crippen molar-refractivity contribution in [1.82, 2.24) is 19.9 Å².